The zero-order chi connectivity index (χ0) is 25.7. The number of likely N-dealkylation sites (tertiary alicyclic amines) is 1. The monoisotopic (exact) mass is 500 g/mol. The Kier molecular flexibility index (Phi) is 5.91. The number of carbonyl (C=O) groups is 1. The first-order chi connectivity index (χ1) is 18.0. The number of fused-ring (bicyclic) bond motifs is 2. The molecule has 8 nitrogen and oxygen atoms in total. The number of aromatic nitrogens is 2. The molecule has 2 aromatic heterocycles. The van der Waals surface area contributed by atoms with E-state index in [2.05, 4.69) is 35.2 Å². The van der Waals surface area contributed by atoms with Gasteiger partial charge in [-0.25, -0.2) is 4.98 Å². The van der Waals surface area contributed by atoms with Crippen molar-refractivity contribution >= 4 is 16.8 Å². The molecule has 0 aliphatic carbocycles. The molecule has 2 fully saturated rings. The Morgan fingerprint density at radius 1 is 1.03 bits per heavy atom. The lowest BCUT2D eigenvalue weighted by molar-refractivity contribution is 0.0776. The van der Waals surface area contributed by atoms with E-state index in [1.165, 1.54) is 11.8 Å². The Hall–Kier alpha value is -3.78. The van der Waals surface area contributed by atoms with Crippen LogP contribution in [0.4, 0.5) is 0 Å². The highest BCUT2D eigenvalue weighted by Crippen LogP contribution is 2.40. The Bertz CT molecular complexity index is 1460. The maximum absolute atomic E-state index is 13.1. The molecule has 2 aromatic carbocycles. The summed E-state index contributed by atoms with van der Waals surface area (Å²) in [5, 5.41) is 4.51. The van der Waals surface area contributed by atoms with Crippen LogP contribution in [0.25, 0.3) is 33.6 Å². The largest absolute Gasteiger partial charge is 0.493 e. The van der Waals surface area contributed by atoms with E-state index in [-0.39, 0.29) is 11.8 Å². The molecule has 1 amide bonds. The van der Waals surface area contributed by atoms with Crippen LogP contribution in [0.3, 0.4) is 0 Å². The fourth-order valence-electron chi connectivity index (χ4n) is 5.85. The number of aromatic amines is 1. The van der Waals surface area contributed by atoms with Crippen LogP contribution in [0.15, 0.2) is 47.1 Å². The van der Waals surface area contributed by atoms with Gasteiger partial charge in [0.15, 0.2) is 17.2 Å². The van der Waals surface area contributed by atoms with E-state index >= 15 is 0 Å². The van der Waals surface area contributed by atoms with Gasteiger partial charge in [-0.05, 0) is 59.7 Å². The highest BCUT2D eigenvalue weighted by Gasteiger charge is 2.39. The van der Waals surface area contributed by atoms with Gasteiger partial charge in [-0.1, -0.05) is 13.8 Å². The molecule has 0 radical (unpaired) electrons. The summed E-state index contributed by atoms with van der Waals surface area (Å²) in [6.07, 6.45) is 1.49. The van der Waals surface area contributed by atoms with Crippen LogP contribution in [-0.2, 0) is 0 Å². The molecule has 2 aliphatic heterocycles. The first-order valence-electron chi connectivity index (χ1n) is 12.8. The number of hydrogen-bond donors (Lipinski definition) is 2. The summed E-state index contributed by atoms with van der Waals surface area (Å²) in [5.41, 5.74) is 5.50. The molecule has 4 aromatic rings. The normalized spacial score (nSPS) is 19.1. The zero-order valence-corrected chi connectivity index (χ0v) is 21.6. The third-order valence-corrected chi connectivity index (χ3v) is 7.74. The van der Waals surface area contributed by atoms with Crippen LogP contribution >= 0.6 is 0 Å². The van der Waals surface area contributed by atoms with Gasteiger partial charge in [0, 0.05) is 48.2 Å². The smallest absolute Gasteiger partial charge is 0.275 e. The second-order valence-electron chi connectivity index (χ2n) is 10.3. The van der Waals surface area contributed by atoms with Gasteiger partial charge in [-0.3, -0.25) is 4.79 Å². The van der Waals surface area contributed by atoms with Crippen molar-refractivity contribution < 1.29 is 18.7 Å². The molecular weight excluding hydrogens is 468 g/mol. The van der Waals surface area contributed by atoms with Crippen LogP contribution < -0.4 is 14.8 Å². The van der Waals surface area contributed by atoms with Crippen molar-refractivity contribution in [3.8, 4) is 34.2 Å². The quantitative estimate of drug-likeness (QED) is 0.390. The summed E-state index contributed by atoms with van der Waals surface area (Å²) >= 11 is 0. The Balaban J connectivity index is 1.33. The van der Waals surface area contributed by atoms with Crippen molar-refractivity contribution in [3.05, 3.63) is 53.9 Å². The number of benzene rings is 2. The van der Waals surface area contributed by atoms with Crippen LogP contribution in [0.1, 0.15) is 35.8 Å². The Morgan fingerprint density at radius 3 is 2.46 bits per heavy atom. The molecule has 2 saturated heterocycles. The molecule has 2 aliphatic rings. The molecule has 4 heterocycles. The second kappa shape index (κ2) is 9.27. The molecule has 0 saturated carbocycles. The molecule has 2 N–H and O–H groups in total. The van der Waals surface area contributed by atoms with Crippen molar-refractivity contribution in [1.82, 2.24) is 20.2 Å². The average molecular weight is 501 g/mol. The van der Waals surface area contributed by atoms with E-state index in [1.54, 1.807) is 14.2 Å². The molecule has 2 atom stereocenters. The number of nitrogens with zero attached hydrogens (tertiary/aromatic N) is 2. The van der Waals surface area contributed by atoms with Gasteiger partial charge in [0.05, 0.1) is 19.9 Å². The molecule has 0 bridgehead atoms. The van der Waals surface area contributed by atoms with Gasteiger partial charge in [0.25, 0.3) is 5.91 Å². The van der Waals surface area contributed by atoms with Crippen molar-refractivity contribution in [1.29, 1.82) is 0 Å². The average Bonchev–Trinajstić information content (AvgIpc) is 3.69. The highest BCUT2D eigenvalue weighted by atomic mass is 16.5. The van der Waals surface area contributed by atoms with Crippen LogP contribution in [0, 0.1) is 11.8 Å². The lowest BCUT2D eigenvalue weighted by atomic mass is 9.95. The SMILES string of the molecule is COc1ccc(-c2[nH]c3ccc(-c4nc(C(=O)N5CC6CNCC6C5)co4)cc3c2C(C)C)cc1OC. The molecule has 6 rings (SSSR count). The first kappa shape index (κ1) is 23.6. The van der Waals surface area contributed by atoms with Crippen molar-refractivity contribution in [2.45, 2.75) is 19.8 Å². The minimum Gasteiger partial charge on any atom is -0.493 e. The number of hydrogen-bond acceptors (Lipinski definition) is 6. The number of rotatable bonds is 6. The van der Waals surface area contributed by atoms with Crippen LogP contribution in [0.2, 0.25) is 0 Å². The summed E-state index contributed by atoms with van der Waals surface area (Å²) in [6, 6.07) is 12.1. The summed E-state index contributed by atoms with van der Waals surface area (Å²) in [5.74, 6) is 3.13. The molecule has 2 unspecified atom stereocenters. The minimum atomic E-state index is -0.0502. The Labute approximate surface area is 216 Å². The maximum Gasteiger partial charge on any atom is 0.275 e. The summed E-state index contributed by atoms with van der Waals surface area (Å²) < 4.78 is 16.8. The van der Waals surface area contributed by atoms with Crippen molar-refractivity contribution in [3.63, 3.8) is 0 Å². The van der Waals surface area contributed by atoms with Gasteiger partial charge in [0.2, 0.25) is 5.89 Å². The van der Waals surface area contributed by atoms with E-state index in [9.17, 15) is 4.79 Å². The fourth-order valence-corrected chi connectivity index (χ4v) is 5.85. The third-order valence-electron chi connectivity index (χ3n) is 7.74. The molecular formula is C29H32N4O4. The van der Waals surface area contributed by atoms with Gasteiger partial charge in [-0.15, -0.1) is 0 Å². The second-order valence-corrected chi connectivity index (χ2v) is 10.3. The van der Waals surface area contributed by atoms with Gasteiger partial charge >= 0.3 is 0 Å². The minimum absolute atomic E-state index is 0.0502. The highest BCUT2D eigenvalue weighted by molar-refractivity contribution is 5.95. The molecule has 37 heavy (non-hydrogen) atoms. The lowest BCUT2D eigenvalue weighted by Crippen LogP contribution is -2.32. The number of nitrogens with one attached hydrogen (secondary N) is 2. The predicted molar refractivity (Wildman–Crippen MR) is 142 cm³/mol. The van der Waals surface area contributed by atoms with Crippen LogP contribution in [-0.4, -0.2) is 61.2 Å². The van der Waals surface area contributed by atoms with E-state index in [0.717, 1.165) is 53.9 Å². The molecule has 192 valence electrons. The maximum atomic E-state index is 13.1. The number of methoxy groups -OCH3 is 2. The van der Waals surface area contributed by atoms with Crippen LogP contribution in [0.5, 0.6) is 11.5 Å². The molecule has 0 spiro atoms. The van der Waals surface area contributed by atoms with Gasteiger partial charge < -0.3 is 29.1 Å². The number of amides is 1. The number of ether oxygens (including phenoxy) is 2. The van der Waals surface area contributed by atoms with Gasteiger partial charge in [-0.2, -0.15) is 0 Å². The fraction of sp³-hybridized carbons (Fsp3) is 0.379. The number of H-pyrrole nitrogens is 1. The summed E-state index contributed by atoms with van der Waals surface area (Å²) in [7, 11) is 3.28. The van der Waals surface area contributed by atoms with Gasteiger partial charge in [0.1, 0.15) is 6.26 Å². The predicted octanol–water partition coefficient (Wildman–Crippen LogP) is 4.92. The number of oxazole rings is 1. The standard InChI is InChI=1S/C29H32N4O4/c1-16(2)26-21-9-18(5-7-22(21)31-27(26)17-6-8-24(35-3)25(10-17)36-4)28-32-23(15-37-28)29(34)33-13-19-11-30-12-20(19)14-33/h5-10,15-16,19-20,30-31H,11-14H2,1-4H3. The van der Waals surface area contributed by atoms with E-state index in [4.69, 9.17) is 13.9 Å². The molecule has 8 heteroatoms. The van der Waals surface area contributed by atoms with E-state index < -0.39 is 0 Å². The summed E-state index contributed by atoms with van der Waals surface area (Å²) in [6.45, 7) is 7.90. The van der Waals surface area contributed by atoms with Crippen molar-refractivity contribution in [2.24, 2.45) is 11.8 Å². The topological polar surface area (TPSA) is 92.6 Å². The lowest BCUT2D eigenvalue weighted by Gasteiger charge is -2.15. The number of carbonyl (C=O) groups excluding carboxylic acids is 1. The third kappa shape index (κ3) is 4.05. The van der Waals surface area contributed by atoms with Crippen molar-refractivity contribution in [2.75, 3.05) is 40.4 Å². The first-order valence-corrected chi connectivity index (χ1v) is 12.8. The van der Waals surface area contributed by atoms with E-state index in [1.807, 2.05) is 35.2 Å². The summed E-state index contributed by atoms with van der Waals surface area (Å²) in [4.78, 5) is 23.2. The zero-order valence-electron chi connectivity index (χ0n) is 21.6. The Morgan fingerprint density at radius 2 is 1.76 bits per heavy atom. The van der Waals surface area contributed by atoms with E-state index in [0.29, 0.717) is 34.9 Å².